The zero-order chi connectivity index (χ0) is 13.7. The molecule has 0 aliphatic carbocycles. The first kappa shape index (κ1) is 13.7. The Kier molecular flexibility index (Phi) is 4.63. The Hall–Kier alpha value is -1.75. The van der Waals surface area contributed by atoms with Gasteiger partial charge in [-0.2, -0.15) is 0 Å². The van der Waals surface area contributed by atoms with E-state index in [1.807, 2.05) is 18.2 Å². The van der Waals surface area contributed by atoms with E-state index in [2.05, 4.69) is 22.9 Å². The average molecular weight is 263 g/mol. The van der Waals surface area contributed by atoms with Crippen LogP contribution in [0.3, 0.4) is 0 Å². The van der Waals surface area contributed by atoms with Crippen LogP contribution in [0.5, 0.6) is 5.75 Å². The molecule has 0 bridgehead atoms. The molecule has 19 heavy (non-hydrogen) atoms. The Bertz CT molecular complexity index is 428. The molecule has 5 nitrogen and oxygen atoms in total. The number of rotatable bonds is 3. The highest BCUT2D eigenvalue weighted by molar-refractivity contribution is 5.89. The minimum atomic E-state index is -0.172. The molecular weight excluding hydrogens is 242 g/mol. The van der Waals surface area contributed by atoms with Gasteiger partial charge < -0.3 is 20.7 Å². The summed E-state index contributed by atoms with van der Waals surface area (Å²) in [6.07, 6.45) is 2.10. The van der Waals surface area contributed by atoms with Gasteiger partial charge in [0, 0.05) is 30.4 Å². The maximum atomic E-state index is 11.9. The van der Waals surface area contributed by atoms with Crippen molar-refractivity contribution in [2.45, 2.75) is 31.8 Å². The summed E-state index contributed by atoms with van der Waals surface area (Å²) in [5.41, 5.74) is 0.731. The first-order chi connectivity index (χ1) is 9.17. The molecule has 2 rings (SSSR count). The normalized spacial score (nSPS) is 22.6. The quantitative estimate of drug-likeness (QED) is 0.781. The second-order valence-electron chi connectivity index (χ2n) is 4.91. The Morgan fingerprint density at radius 3 is 2.95 bits per heavy atom. The van der Waals surface area contributed by atoms with E-state index in [1.54, 1.807) is 13.2 Å². The van der Waals surface area contributed by atoms with Crippen LogP contribution in [0.15, 0.2) is 24.3 Å². The van der Waals surface area contributed by atoms with Crippen molar-refractivity contribution < 1.29 is 9.53 Å². The number of ether oxygens (including phenoxy) is 1. The van der Waals surface area contributed by atoms with Crippen molar-refractivity contribution in [1.29, 1.82) is 0 Å². The maximum Gasteiger partial charge on any atom is 0.319 e. The van der Waals surface area contributed by atoms with Crippen LogP contribution in [0.1, 0.15) is 19.8 Å². The molecule has 1 aliphatic heterocycles. The Labute approximate surface area is 113 Å². The maximum absolute atomic E-state index is 11.9. The highest BCUT2D eigenvalue weighted by Crippen LogP contribution is 2.16. The second kappa shape index (κ2) is 6.43. The smallest absolute Gasteiger partial charge is 0.319 e. The molecule has 1 saturated heterocycles. The van der Waals surface area contributed by atoms with Crippen LogP contribution >= 0.6 is 0 Å². The van der Waals surface area contributed by atoms with Gasteiger partial charge in [-0.05, 0) is 31.9 Å². The lowest BCUT2D eigenvalue weighted by molar-refractivity contribution is 0.243. The van der Waals surface area contributed by atoms with Crippen LogP contribution in [0.4, 0.5) is 10.5 Å². The van der Waals surface area contributed by atoms with Gasteiger partial charge in [-0.25, -0.2) is 4.79 Å². The Morgan fingerprint density at radius 2 is 2.26 bits per heavy atom. The molecule has 0 saturated carbocycles. The molecule has 5 heteroatoms. The molecule has 0 radical (unpaired) electrons. The summed E-state index contributed by atoms with van der Waals surface area (Å²) in [6, 6.07) is 7.88. The topological polar surface area (TPSA) is 62.4 Å². The third-order valence-corrected chi connectivity index (χ3v) is 3.32. The van der Waals surface area contributed by atoms with E-state index >= 15 is 0 Å². The van der Waals surface area contributed by atoms with Gasteiger partial charge in [-0.3, -0.25) is 0 Å². The molecule has 0 spiro atoms. The zero-order valence-electron chi connectivity index (χ0n) is 11.4. The SMILES string of the molecule is COc1cccc(NC(=O)NC2CCC(C)NC2)c1. The summed E-state index contributed by atoms with van der Waals surface area (Å²) in [5.74, 6) is 0.728. The van der Waals surface area contributed by atoms with E-state index in [0.29, 0.717) is 6.04 Å². The number of hydrogen-bond donors (Lipinski definition) is 3. The first-order valence-electron chi connectivity index (χ1n) is 6.62. The number of carbonyl (C=O) groups excluding carboxylic acids is 1. The number of methoxy groups -OCH3 is 1. The van der Waals surface area contributed by atoms with Crippen molar-refractivity contribution >= 4 is 11.7 Å². The number of urea groups is 1. The van der Waals surface area contributed by atoms with Gasteiger partial charge in [-0.1, -0.05) is 6.07 Å². The van der Waals surface area contributed by atoms with E-state index in [0.717, 1.165) is 30.8 Å². The highest BCUT2D eigenvalue weighted by atomic mass is 16.5. The molecular formula is C14H21N3O2. The van der Waals surface area contributed by atoms with Gasteiger partial charge in [-0.15, -0.1) is 0 Å². The van der Waals surface area contributed by atoms with Crippen molar-refractivity contribution in [3.8, 4) is 5.75 Å². The summed E-state index contributed by atoms with van der Waals surface area (Å²) in [7, 11) is 1.61. The molecule has 1 aromatic carbocycles. The largest absolute Gasteiger partial charge is 0.497 e. The highest BCUT2D eigenvalue weighted by Gasteiger charge is 2.18. The summed E-state index contributed by atoms with van der Waals surface area (Å²) in [4.78, 5) is 11.9. The molecule has 0 aromatic heterocycles. The van der Waals surface area contributed by atoms with Gasteiger partial charge in [0.05, 0.1) is 7.11 Å². The third-order valence-electron chi connectivity index (χ3n) is 3.32. The fourth-order valence-corrected chi connectivity index (χ4v) is 2.18. The standard InChI is InChI=1S/C14H21N3O2/c1-10-6-7-12(9-15-10)17-14(18)16-11-4-3-5-13(8-11)19-2/h3-5,8,10,12,15H,6-7,9H2,1-2H3,(H2,16,17,18). The van der Waals surface area contributed by atoms with Crippen LogP contribution in [0.2, 0.25) is 0 Å². The molecule has 104 valence electrons. The number of carbonyl (C=O) groups is 1. The van der Waals surface area contributed by atoms with E-state index in [9.17, 15) is 4.79 Å². The number of anilines is 1. The van der Waals surface area contributed by atoms with Crippen molar-refractivity contribution in [3.63, 3.8) is 0 Å². The van der Waals surface area contributed by atoms with Crippen molar-refractivity contribution in [3.05, 3.63) is 24.3 Å². The first-order valence-corrected chi connectivity index (χ1v) is 6.62. The number of nitrogens with one attached hydrogen (secondary N) is 3. The van der Waals surface area contributed by atoms with E-state index < -0.39 is 0 Å². The number of benzene rings is 1. The van der Waals surface area contributed by atoms with Crippen LogP contribution in [0, 0.1) is 0 Å². The van der Waals surface area contributed by atoms with E-state index in [1.165, 1.54) is 0 Å². The Balaban J connectivity index is 1.83. The molecule has 1 heterocycles. The van der Waals surface area contributed by atoms with Crippen LogP contribution in [0.25, 0.3) is 0 Å². The second-order valence-corrected chi connectivity index (χ2v) is 4.91. The Morgan fingerprint density at radius 1 is 1.42 bits per heavy atom. The minimum absolute atomic E-state index is 0.172. The summed E-state index contributed by atoms with van der Waals surface area (Å²) < 4.78 is 5.12. The zero-order valence-corrected chi connectivity index (χ0v) is 11.4. The van der Waals surface area contributed by atoms with Gasteiger partial charge in [0.1, 0.15) is 5.75 Å². The number of hydrogen-bond acceptors (Lipinski definition) is 3. The molecule has 2 unspecified atom stereocenters. The lowest BCUT2D eigenvalue weighted by atomic mass is 10.0. The van der Waals surface area contributed by atoms with Gasteiger partial charge >= 0.3 is 6.03 Å². The lowest BCUT2D eigenvalue weighted by Gasteiger charge is -2.28. The third kappa shape index (κ3) is 4.13. The van der Waals surface area contributed by atoms with Gasteiger partial charge in [0.25, 0.3) is 0 Å². The predicted octanol–water partition coefficient (Wildman–Crippen LogP) is 1.96. The van der Waals surface area contributed by atoms with Crippen molar-refractivity contribution in [2.24, 2.45) is 0 Å². The van der Waals surface area contributed by atoms with Crippen LogP contribution in [-0.4, -0.2) is 31.8 Å². The summed E-state index contributed by atoms with van der Waals surface area (Å²) in [5, 5.41) is 9.15. The van der Waals surface area contributed by atoms with Crippen molar-refractivity contribution in [2.75, 3.05) is 19.0 Å². The van der Waals surface area contributed by atoms with Crippen LogP contribution < -0.4 is 20.7 Å². The van der Waals surface area contributed by atoms with E-state index in [-0.39, 0.29) is 12.1 Å². The summed E-state index contributed by atoms with van der Waals surface area (Å²) >= 11 is 0. The monoisotopic (exact) mass is 263 g/mol. The van der Waals surface area contributed by atoms with Crippen LogP contribution in [-0.2, 0) is 0 Å². The lowest BCUT2D eigenvalue weighted by Crippen LogP contribution is -2.49. The number of amides is 2. The van der Waals surface area contributed by atoms with Crippen molar-refractivity contribution in [1.82, 2.24) is 10.6 Å². The fourth-order valence-electron chi connectivity index (χ4n) is 2.18. The van der Waals surface area contributed by atoms with E-state index in [4.69, 9.17) is 4.74 Å². The molecule has 1 aromatic rings. The molecule has 1 fully saturated rings. The predicted molar refractivity (Wildman–Crippen MR) is 75.6 cm³/mol. The average Bonchev–Trinajstić information content (AvgIpc) is 2.41. The molecule has 2 atom stereocenters. The molecule has 2 amide bonds. The molecule has 1 aliphatic rings. The van der Waals surface area contributed by atoms with Gasteiger partial charge in [0.2, 0.25) is 0 Å². The number of piperidine rings is 1. The van der Waals surface area contributed by atoms with Gasteiger partial charge in [0.15, 0.2) is 0 Å². The minimum Gasteiger partial charge on any atom is -0.497 e. The fraction of sp³-hybridized carbons (Fsp3) is 0.500. The molecule has 3 N–H and O–H groups in total. The summed E-state index contributed by atoms with van der Waals surface area (Å²) in [6.45, 7) is 2.99.